The molecule has 2 atom stereocenters. The summed E-state index contributed by atoms with van der Waals surface area (Å²) in [7, 11) is 0. The van der Waals surface area contributed by atoms with Crippen LogP contribution in [0.1, 0.15) is 43.5 Å². The Morgan fingerprint density at radius 2 is 2.12 bits per heavy atom. The topological polar surface area (TPSA) is 58.1 Å². The van der Waals surface area contributed by atoms with E-state index >= 15 is 0 Å². The Bertz CT molecular complexity index is 746. The normalized spacial score (nSPS) is 21.5. The van der Waals surface area contributed by atoms with E-state index in [0.29, 0.717) is 0 Å². The maximum Gasteiger partial charge on any atom is 0.318 e. The SMILES string of the molecule is CCCNC(=O)N1[C@H]2CC[C@@H]1c1cnc(-c3ccccc3)nc1C2. The minimum atomic E-state index is 0.0575. The van der Waals surface area contributed by atoms with Gasteiger partial charge in [-0.25, -0.2) is 14.8 Å². The smallest absolute Gasteiger partial charge is 0.318 e. The molecule has 0 saturated carbocycles. The van der Waals surface area contributed by atoms with Crippen LogP contribution in [0.3, 0.4) is 0 Å². The van der Waals surface area contributed by atoms with Crippen molar-refractivity contribution in [3.05, 3.63) is 47.8 Å². The second-order valence-electron chi connectivity index (χ2n) is 6.55. The number of benzene rings is 1. The number of urea groups is 1. The van der Waals surface area contributed by atoms with Gasteiger partial charge in [0.05, 0.1) is 11.7 Å². The van der Waals surface area contributed by atoms with E-state index in [-0.39, 0.29) is 18.1 Å². The zero-order chi connectivity index (χ0) is 16.5. The third-order valence-corrected chi connectivity index (χ3v) is 4.98. The van der Waals surface area contributed by atoms with Crippen LogP contribution in [-0.2, 0) is 6.42 Å². The number of carbonyl (C=O) groups excluding carboxylic acids is 1. The third kappa shape index (κ3) is 2.54. The summed E-state index contributed by atoms with van der Waals surface area (Å²) in [5, 5.41) is 3.02. The van der Waals surface area contributed by atoms with Crippen molar-refractivity contribution in [1.29, 1.82) is 0 Å². The maximum atomic E-state index is 12.5. The number of hydrogen-bond donors (Lipinski definition) is 1. The van der Waals surface area contributed by atoms with Crippen molar-refractivity contribution in [2.75, 3.05) is 6.54 Å². The lowest BCUT2D eigenvalue weighted by Gasteiger charge is -2.35. The van der Waals surface area contributed by atoms with Gasteiger partial charge in [-0.1, -0.05) is 37.3 Å². The Morgan fingerprint density at radius 3 is 2.92 bits per heavy atom. The number of amides is 2. The number of fused-ring (bicyclic) bond motifs is 4. The van der Waals surface area contributed by atoms with Crippen LogP contribution in [0.4, 0.5) is 4.79 Å². The van der Waals surface area contributed by atoms with Crippen molar-refractivity contribution in [1.82, 2.24) is 20.2 Å². The summed E-state index contributed by atoms with van der Waals surface area (Å²) in [6.07, 6.45) is 5.76. The molecule has 0 spiro atoms. The van der Waals surface area contributed by atoms with Gasteiger partial charge < -0.3 is 10.2 Å². The highest BCUT2D eigenvalue weighted by atomic mass is 16.2. The van der Waals surface area contributed by atoms with Crippen LogP contribution >= 0.6 is 0 Å². The van der Waals surface area contributed by atoms with Crippen LogP contribution in [0.15, 0.2) is 36.5 Å². The highest BCUT2D eigenvalue weighted by molar-refractivity contribution is 5.76. The molecule has 1 saturated heterocycles. The van der Waals surface area contributed by atoms with Crippen LogP contribution in [0.5, 0.6) is 0 Å². The molecule has 0 unspecified atom stereocenters. The quantitative estimate of drug-likeness (QED) is 0.943. The molecule has 3 heterocycles. The third-order valence-electron chi connectivity index (χ3n) is 4.98. The Balaban J connectivity index is 1.63. The van der Waals surface area contributed by atoms with Crippen molar-refractivity contribution in [3.63, 3.8) is 0 Å². The molecule has 0 radical (unpaired) electrons. The molecule has 5 heteroatoms. The molecule has 24 heavy (non-hydrogen) atoms. The van der Waals surface area contributed by atoms with E-state index in [2.05, 4.69) is 17.2 Å². The van der Waals surface area contributed by atoms with Gasteiger partial charge in [-0.2, -0.15) is 0 Å². The van der Waals surface area contributed by atoms with Gasteiger partial charge in [0.15, 0.2) is 5.82 Å². The van der Waals surface area contributed by atoms with Gasteiger partial charge >= 0.3 is 6.03 Å². The molecule has 2 aliphatic heterocycles. The maximum absolute atomic E-state index is 12.5. The molecule has 2 bridgehead atoms. The molecule has 4 rings (SSSR count). The fourth-order valence-electron chi connectivity index (χ4n) is 3.84. The largest absolute Gasteiger partial charge is 0.338 e. The number of nitrogens with zero attached hydrogens (tertiary/aromatic N) is 3. The van der Waals surface area contributed by atoms with Gasteiger partial charge in [0.25, 0.3) is 0 Å². The first kappa shape index (κ1) is 15.1. The Kier molecular flexibility index (Phi) is 3.92. The second kappa shape index (κ2) is 6.23. The monoisotopic (exact) mass is 322 g/mol. The lowest BCUT2D eigenvalue weighted by atomic mass is 9.99. The van der Waals surface area contributed by atoms with Crippen molar-refractivity contribution in [2.45, 2.75) is 44.7 Å². The molecule has 2 aromatic rings. The first-order chi connectivity index (χ1) is 11.8. The van der Waals surface area contributed by atoms with Gasteiger partial charge in [-0.05, 0) is 19.3 Å². The molecular weight excluding hydrogens is 300 g/mol. The molecule has 1 fully saturated rings. The predicted octanol–water partition coefficient (Wildman–Crippen LogP) is 3.32. The molecule has 1 aromatic heterocycles. The van der Waals surface area contributed by atoms with Gasteiger partial charge in [-0.15, -0.1) is 0 Å². The van der Waals surface area contributed by atoms with Crippen LogP contribution < -0.4 is 5.32 Å². The Labute approximate surface area is 142 Å². The summed E-state index contributed by atoms with van der Waals surface area (Å²) in [5.41, 5.74) is 3.27. The summed E-state index contributed by atoms with van der Waals surface area (Å²) >= 11 is 0. The molecular formula is C19H22N4O. The molecule has 2 amide bonds. The minimum Gasteiger partial charge on any atom is -0.338 e. The average Bonchev–Trinajstić information content (AvgIpc) is 2.95. The molecule has 2 aliphatic rings. The van der Waals surface area contributed by atoms with E-state index in [1.54, 1.807) is 0 Å². The number of rotatable bonds is 3. The summed E-state index contributed by atoms with van der Waals surface area (Å²) in [6, 6.07) is 10.5. The predicted molar refractivity (Wildman–Crippen MR) is 92.5 cm³/mol. The summed E-state index contributed by atoms with van der Waals surface area (Å²) < 4.78 is 0. The van der Waals surface area contributed by atoms with E-state index < -0.39 is 0 Å². The van der Waals surface area contributed by atoms with Crippen molar-refractivity contribution in [2.24, 2.45) is 0 Å². The Morgan fingerprint density at radius 1 is 1.29 bits per heavy atom. The standard InChI is InChI=1S/C19H22N4O/c1-2-10-20-19(24)23-14-8-9-17(23)15-12-21-18(22-16(15)11-14)13-6-4-3-5-7-13/h3-7,12,14,17H,2,8-11H2,1H3,(H,20,24)/t14-,17+/m0/s1. The van der Waals surface area contributed by atoms with Gasteiger partial charge in [0.1, 0.15) is 0 Å². The highest BCUT2D eigenvalue weighted by Gasteiger charge is 2.43. The van der Waals surface area contributed by atoms with Crippen LogP contribution in [-0.4, -0.2) is 33.5 Å². The zero-order valence-electron chi connectivity index (χ0n) is 13.9. The fraction of sp³-hybridized carbons (Fsp3) is 0.421. The van der Waals surface area contributed by atoms with E-state index in [9.17, 15) is 4.79 Å². The Hall–Kier alpha value is -2.43. The van der Waals surface area contributed by atoms with E-state index in [1.165, 1.54) is 0 Å². The van der Waals surface area contributed by atoms with Gasteiger partial charge in [0.2, 0.25) is 0 Å². The van der Waals surface area contributed by atoms with Crippen LogP contribution in [0, 0.1) is 0 Å². The van der Waals surface area contributed by atoms with Crippen molar-refractivity contribution >= 4 is 6.03 Å². The molecule has 0 aliphatic carbocycles. The zero-order valence-corrected chi connectivity index (χ0v) is 13.9. The van der Waals surface area contributed by atoms with E-state index in [1.807, 2.05) is 41.4 Å². The van der Waals surface area contributed by atoms with E-state index in [0.717, 1.165) is 54.9 Å². The summed E-state index contributed by atoms with van der Waals surface area (Å²) in [5.74, 6) is 0.776. The first-order valence-electron chi connectivity index (χ1n) is 8.75. The number of aromatic nitrogens is 2. The van der Waals surface area contributed by atoms with Gasteiger partial charge in [0, 0.05) is 36.3 Å². The minimum absolute atomic E-state index is 0.0575. The lowest BCUT2D eigenvalue weighted by molar-refractivity contribution is 0.165. The molecule has 1 aromatic carbocycles. The fourth-order valence-corrected chi connectivity index (χ4v) is 3.84. The number of hydrogen-bond acceptors (Lipinski definition) is 3. The van der Waals surface area contributed by atoms with Crippen LogP contribution in [0.25, 0.3) is 11.4 Å². The number of carbonyl (C=O) groups is 1. The molecule has 5 nitrogen and oxygen atoms in total. The van der Waals surface area contributed by atoms with E-state index in [4.69, 9.17) is 4.98 Å². The first-order valence-corrected chi connectivity index (χ1v) is 8.75. The van der Waals surface area contributed by atoms with Crippen molar-refractivity contribution < 1.29 is 4.79 Å². The second-order valence-corrected chi connectivity index (χ2v) is 6.55. The highest BCUT2D eigenvalue weighted by Crippen LogP contribution is 2.43. The number of nitrogens with one attached hydrogen (secondary N) is 1. The van der Waals surface area contributed by atoms with Gasteiger partial charge in [-0.3, -0.25) is 0 Å². The average molecular weight is 322 g/mol. The van der Waals surface area contributed by atoms with Crippen LogP contribution in [0.2, 0.25) is 0 Å². The summed E-state index contributed by atoms with van der Waals surface area (Å²) in [6.45, 7) is 2.80. The molecule has 1 N–H and O–H groups in total. The van der Waals surface area contributed by atoms with Crippen molar-refractivity contribution in [3.8, 4) is 11.4 Å². The molecule has 124 valence electrons. The lowest BCUT2D eigenvalue weighted by Crippen LogP contribution is -2.47. The summed E-state index contributed by atoms with van der Waals surface area (Å²) in [4.78, 5) is 23.9.